The second-order valence-corrected chi connectivity index (χ2v) is 4.46. The quantitative estimate of drug-likeness (QED) is 0.615. The summed E-state index contributed by atoms with van der Waals surface area (Å²) in [5, 5.41) is 9.07. The first-order chi connectivity index (χ1) is 7.37. The van der Waals surface area contributed by atoms with E-state index in [4.69, 9.17) is 9.84 Å². The van der Waals surface area contributed by atoms with Crippen molar-refractivity contribution in [2.45, 2.75) is 26.4 Å². The molecule has 0 aliphatic carbocycles. The van der Waals surface area contributed by atoms with Crippen LogP contribution in [0, 0.1) is 0 Å². The van der Waals surface area contributed by atoms with E-state index in [-0.39, 0.29) is 11.7 Å². The third-order valence-electron chi connectivity index (χ3n) is 1.71. The Balaban J connectivity index is 2.60. The summed E-state index contributed by atoms with van der Waals surface area (Å²) in [6.07, 6.45) is 3.02. The monoisotopic (exact) mass is 220 g/mol. The lowest BCUT2D eigenvalue weighted by Crippen LogP contribution is -2.22. The van der Waals surface area contributed by atoms with E-state index in [9.17, 15) is 4.79 Å². The van der Waals surface area contributed by atoms with Crippen LogP contribution in [0.5, 0.6) is 5.75 Å². The van der Waals surface area contributed by atoms with Gasteiger partial charge in [-0.1, -0.05) is 12.1 Å². The van der Waals surface area contributed by atoms with Crippen LogP contribution < -0.4 is 0 Å². The summed E-state index contributed by atoms with van der Waals surface area (Å²) in [6.45, 7) is 5.46. The Morgan fingerprint density at radius 3 is 2.31 bits per heavy atom. The van der Waals surface area contributed by atoms with Gasteiger partial charge in [0.1, 0.15) is 11.4 Å². The molecule has 16 heavy (non-hydrogen) atoms. The molecule has 0 aromatic heterocycles. The van der Waals surface area contributed by atoms with Gasteiger partial charge in [0.05, 0.1) is 0 Å². The largest absolute Gasteiger partial charge is 0.508 e. The van der Waals surface area contributed by atoms with Crippen molar-refractivity contribution in [1.82, 2.24) is 0 Å². The number of hydrogen-bond acceptors (Lipinski definition) is 3. The number of esters is 1. The predicted octanol–water partition coefficient (Wildman–Crippen LogP) is 2.75. The highest BCUT2D eigenvalue weighted by molar-refractivity contribution is 5.87. The molecule has 0 radical (unpaired) electrons. The highest BCUT2D eigenvalue weighted by Crippen LogP contribution is 2.12. The van der Waals surface area contributed by atoms with E-state index in [2.05, 4.69) is 0 Å². The molecule has 3 nitrogen and oxygen atoms in total. The van der Waals surface area contributed by atoms with Crippen molar-refractivity contribution in [3.8, 4) is 5.75 Å². The van der Waals surface area contributed by atoms with Gasteiger partial charge >= 0.3 is 5.97 Å². The highest BCUT2D eigenvalue weighted by Gasteiger charge is 2.13. The van der Waals surface area contributed by atoms with Gasteiger partial charge in [0.2, 0.25) is 0 Å². The lowest BCUT2D eigenvalue weighted by Gasteiger charge is -2.17. The van der Waals surface area contributed by atoms with Crippen molar-refractivity contribution >= 4 is 12.0 Å². The lowest BCUT2D eigenvalue weighted by atomic mass is 10.2. The van der Waals surface area contributed by atoms with Crippen molar-refractivity contribution in [3.05, 3.63) is 35.9 Å². The maximum Gasteiger partial charge on any atom is 0.331 e. The fourth-order valence-electron chi connectivity index (χ4n) is 1.09. The number of hydrogen-bond donors (Lipinski definition) is 1. The molecule has 0 amide bonds. The first-order valence-corrected chi connectivity index (χ1v) is 5.07. The van der Waals surface area contributed by atoms with E-state index in [1.165, 1.54) is 6.08 Å². The molecule has 0 heterocycles. The summed E-state index contributed by atoms with van der Waals surface area (Å²) in [4.78, 5) is 11.3. The van der Waals surface area contributed by atoms with Crippen LogP contribution in [0.15, 0.2) is 30.3 Å². The summed E-state index contributed by atoms with van der Waals surface area (Å²) in [6, 6.07) is 6.57. The molecule has 0 fully saturated rings. The summed E-state index contributed by atoms with van der Waals surface area (Å²) in [7, 11) is 0. The van der Waals surface area contributed by atoms with Gasteiger partial charge in [-0.05, 0) is 44.5 Å². The van der Waals surface area contributed by atoms with Gasteiger partial charge in [0.25, 0.3) is 0 Å². The smallest absolute Gasteiger partial charge is 0.331 e. The third-order valence-corrected chi connectivity index (χ3v) is 1.71. The molecule has 0 aliphatic heterocycles. The third kappa shape index (κ3) is 4.64. The number of ether oxygens (including phenoxy) is 1. The van der Waals surface area contributed by atoms with Gasteiger partial charge in [-0.25, -0.2) is 4.79 Å². The van der Waals surface area contributed by atoms with Gasteiger partial charge in [-0.3, -0.25) is 0 Å². The van der Waals surface area contributed by atoms with Crippen molar-refractivity contribution in [3.63, 3.8) is 0 Å². The lowest BCUT2D eigenvalue weighted by molar-refractivity contribution is -0.148. The molecule has 0 spiro atoms. The minimum Gasteiger partial charge on any atom is -0.508 e. The number of phenolic OH excluding ortho intramolecular Hbond substituents is 1. The van der Waals surface area contributed by atoms with Crippen LogP contribution in [-0.2, 0) is 9.53 Å². The van der Waals surface area contributed by atoms with Gasteiger partial charge < -0.3 is 9.84 Å². The molecular weight excluding hydrogens is 204 g/mol. The van der Waals surface area contributed by atoms with Gasteiger partial charge in [0.15, 0.2) is 0 Å². The first-order valence-electron chi connectivity index (χ1n) is 5.07. The van der Waals surface area contributed by atoms with Crippen molar-refractivity contribution in [2.75, 3.05) is 0 Å². The molecule has 0 aliphatic rings. The van der Waals surface area contributed by atoms with E-state index < -0.39 is 5.60 Å². The standard InChI is InChI=1S/C13H16O3/c1-13(2,3)16-12(15)9-6-10-4-7-11(14)8-5-10/h4-9,14H,1-3H3/b9-6+. The van der Waals surface area contributed by atoms with Crippen LogP contribution in [0.1, 0.15) is 26.3 Å². The predicted molar refractivity (Wildman–Crippen MR) is 63.0 cm³/mol. The molecule has 0 atom stereocenters. The van der Waals surface area contributed by atoms with Gasteiger partial charge in [-0.2, -0.15) is 0 Å². The number of aromatic hydroxyl groups is 1. The number of carbonyl (C=O) groups is 1. The zero-order valence-corrected chi connectivity index (χ0v) is 9.73. The Labute approximate surface area is 95.4 Å². The molecule has 86 valence electrons. The van der Waals surface area contributed by atoms with Gasteiger partial charge in [-0.15, -0.1) is 0 Å². The van der Waals surface area contributed by atoms with Gasteiger partial charge in [0, 0.05) is 6.08 Å². The summed E-state index contributed by atoms with van der Waals surface area (Å²) in [5.41, 5.74) is 0.361. The number of rotatable bonds is 2. The van der Waals surface area contributed by atoms with E-state index >= 15 is 0 Å². The first kappa shape index (κ1) is 12.3. The maximum absolute atomic E-state index is 11.3. The molecule has 3 heteroatoms. The van der Waals surface area contributed by atoms with E-state index in [1.807, 2.05) is 20.8 Å². The van der Waals surface area contributed by atoms with Crippen LogP contribution in [0.4, 0.5) is 0 Å². The Hall–Kier alpha value is -1.77. The van der Waals surface area contributed by atoms with E-state index in [1.54, 1.807) is 30.3 Å². The summed E-state index contributed by atoms with van der Waals surface area (Å²) < 4.78 is 5.11. The number of carbonyl (C=O) groups excluding carboxylic acids is 1. The molecule has 1 N–H and O–H groups in total. The number of benzene rings is 1. The maximum atomic E-state index is 11.3. The Morgan fingerprint density at radius 2 is 1.81 bits per heavy atom. The van der Waals surface area contributed by atoms with Crippen LogP contribution in [0.25, 0.3) is 6.08 Å². The number of phenols is 1. The van der Waals surface area contributed by atoms with Crippen molar-refractivity contribution in [1.29, 1.82) is 0 Å². The fraction of sp³-hybridized carbons (Fsp3) is 0.308. The summed E-state index contributed by atoms with van der Waals surface area (Å²) in [5.74, 6) is -0.171. The molecule has 1 aromatic carbocycles. The zero-order chi connectivity index (χ0) is 12.2. The Morgan fingerprint density at radius 1 is 1.25 bits per heavy atom. The van der Waals surface area contributed by atoms with Crippen molar-refractivity contribution < 1.29 is 14.6 Å². The molecule has 0 saturated heterocycles. The minimum atomic E-state index is -0.476. The SMILES string of the molecule is CC(C)(C)OC(=O)/C=C/c1ccc(O)cc1. The molecular formula is C13H16O3. The Kier molecular flexibility index (Phi) is 3.72. The second kappa shape index (κ2) is 4.84. The summed E-state index contributed by atoms with van der Waals surface area (Å²) >= 11 is 0. The average Bonchev–Trinajstić information content (AvgIpc) is 2.14. The Bertz CT molecular complexity index is 383. The molecule has 0 bridgehead atoms. The zero-order valence-electron chi connectivity index (χ0n) is 9.73. The molecule has 0 saturated carbocycles. The fourth-order valence-corrected chi connectivity index (χ4v) is 1.09. The van der Waals surface area contributed by atoms with Crippen LogP contribution in [0.2, 0.25) is 0 Å². The van der Waals surface area contributed by atoms with E-state index in [0.29, 0.717) is 0 Å². The minimum absolute atomic E-state index is 0.203. The normalized spacial score (nSPS) is 11.7. The highest BCUT2D eigenvalue weighted by atomic mass is 16.6. The average molecular weight is 220 g/mol. The molecule has 1 rings (SSSR count). The van der Waals surface area contributed by atoms with Crippen LogP contribution in [0.3, 0.4) is 0 Å². The van der Waals surface area contributed by atoms with Crippen molar-refractivity contribution in [2.24, 2.45) is 0 Å². The topological polar surface area (TPSA) is 46.5 Å². The molecule has 1 aromatic rings. The van der Waals surface area contributed by atoms with Crippen LogP contribution in [-0.4, -0.2) is 16.7 Å². The molecule has 0 unspecified atom stereocenters. The second-order valence-electron chi connectivity index (χ2n) is 4.46. The van der Waals surface area contributed by atoms with Crippen LogP contribution >= 0.6 is 0 Å². The van der Waals surface area contributed by atoms with E-state index in [0.717, 1.165) is 5.56 Å².